The molecule has 0 aliphatic heterocycles. The van der Waals surface area contributed by atoms with Crippen molar-refractivity contribution in [2.24, 2.45) is 0 Å². The summed E-state index contributed by atoms with van der Waals surface area (Å²) >= 11 is 0. The monoisotopic (exact) mass is 648 g/mol. The molecule has 246 valence electrons. The first-order chi connectivity index (χ1) is 24.3. The molecule has 2 nitrogen and oxygen atoms in total. The molecule has 4 aliphatic carbocycles. The molecule has 0 radical (unpaired) electrons. The molecule has 0 saturated heterocycles. The van der Waals surface area contributed by atoms with Gasteiger partial charge >= 0.3 is 0 Å². The summed E-state index contributed by atoms with van der Waals surface area (Å²) in [5.74, 6) is 0. The van der Waals surface area contributed by atoms with Gasteiger partial charge in [0.25, 0.3) is 0 Å². The molecule has 0 saturated carbocycles. The van der Waals surface area contributed by atoms with Crippen LogP contribution in [0.4, 0.5) is 22.7 Å². The van der Waals surface area contributed by atoms with E-state index in [4.69, 9.17) is 0 Å². The molecule has 0 spiro atoms. The van der Waals surface area contributed by atoms with Gasteiger partial charge in [-0.2, -0.15) is 0 Å². The van der Waals surface area contributed by atoms with Gasteiger partial charge in [-0.05, 0) is 131 Å². The highest BCUT2D eigenvalue weighted by Crippen LogP contribution is 2.57. The average molecular weight is 649 g/mol. The third-order valence-corrected chi connectivity index (χ3v) is 11.6. The van der Waals surface area contributed by atoms with Crippen LogP contribution in [0.3, 0.4) is 0 Å². The van der Waals surface area contributed by atoms with Gasteiger partial charge in [0.15, 0.2) is 0 Å². The number of fused-ring (bicyclic) bond motifs is 6. The number of allylic oxidation sites excluding steroid dienone is 6. The fourth-order valence-electron chi connectivity index (χ4n) is 8.94. The van der Waals surface area contributed by atoms with Crippen LogP contribution in [0.2, 0.25) is 0 Å². The Labute approximate surface area is 297 Å². The van der Waals surface area contributed by atoms with Crippen LogP contribution in [-0.2, 0) is 10.8 Å². The van der Waals surface area contributed by atoms with Crippen LogP contribution < -0.4 is 9.80 Å². The zero-order valence-corrected chi connectivity index (χ0v) is 29.5. The summed E-state index contributed by atoms with van der Waals surface area (Å²) in [5, 5.41) is 0. The van der Waals surface area contributed by atoms with Gasteiger partial charge in [-0.25, -0.2) is 0 Å². The highest BCUT2D eigenvalue weighted by molar-refractivity contribution is 5.91. The fraction of sp³-hybridized carbons (Fsp3) is 0.208. The van der Waals surface area contributed by atoms with Crippen molar-refractivity contribution in [3.63, 3.8) is 0 Å². The quantitative estimate of drug-likeness (QED) is 0.181. The Morgan fingerprint density at radius 2 is 1.10 bits per heavy atom. The first-order valence-electron chi connectivity index (χ1n) is 18.2. The Morgan fingerprint density at radius 3 is 1.68 bits per heavy atom. The SMILES string of the molecule is CC1(C)c2cc(N(C3=CC=CCC3)c3ccccc3)ccc2-c2cc3c(cc21)-c1ccc(N(c2ccccc2)C2C=CC=CC2)cc1C3(C)C. The summed E-state index contributed by atoms with van der Waals surface area (Å²) in [6.45, 7) is 9.66. The predicted octanol–water partition coefficient (Wildman–Crippen LogP) is 12.7. The molecule has 0 N–H and O–H groups in total. The fourth-order valence-corrected chi connectivity index (χ4v) is 8.94. The Hall–Kier alpha value is -5.34. The lowest BCUT2D eigenvalue weighted by molar-refractivity contribution is 0.651. The van der Waals surface area contributed by atoms with Crippen molar-refractivity contribution in [3.8, 4) is 22.3 Å². The van der Waals surface area contributed by atoms with E-state index in [0.717, 1.165) is 19.3 Å². The van der Waals surface area contributed by atoms with Crippen molar-refractivity contribution in [2.75, 3.05) is 9.80 Å². The highest BCUT2D eigenvalue weighted by Gasteiger charge is 2.42. The van der Waals surface area contributed by atoms with E-state index >= 15 is 0 Å². The van der Waals surface area contributed by atoms with Crippen molar-refractivity contribution in [2.45, 2.75) is 63.8 Å². The van der Waals surface area contributed by atoms with Gasteiger partial charge in [-0.3, -0.25) is 0 Å². The number of anilines is 4. The van der Waals surface area contributed by atoms with E-state index in [1.165, 1.54) is 73.0 Å². The first-order valence-corrected chi connectivity index (χ1v) is 18.2. The highest BCUT2D eigenvalue weighted by atomic mass is 15.2. The number of rotatable bonds is 6. The van der Waals surface area contributed by atoms with Gasteiger partial charge in [0.1, 0.15) is 0 Å². The van der Waals surface area contributed by atoms with Crippen molar-refractivity contribution < 1.29 is 0 Å². The third kappa shape index (κ3) is 4.76. The molecule has 0 amide bonds. The largest absolute Gasteiger partial charge is 0.334 e. The van der Waals surface area contributed by atoms with Crippen LogP contribution in [0.15, 0.2) is 157 Å². The minimum Gasteiger partial charge on any atom is -0.334 e. The lowest BCUT2D eigenvalue weighted by Crippen LogP contribution is -2.30. The van der Waals surface area contributed by atoms with E-state index in [1.807, 2.05) is 0 Å². The Bertz CT molecular complexity index is 2250. The molecule has 1 unspecified atom stereocenters. The molecule has 0 heterocycles. The average Bonchev–Trinajstić information content (AvgIpc) is 3.51. The van der Waals surface area contributed by atoms with E-state index in [1.54, 1.807) is 0 Å². The normalized spacial score (nSPS) is 18.6. The number of nitrogens with zero attached hydrogens (tertiary/aromatic N) is 2. The molecule has 5 aromatic rings. The molecule has 9 rings (SSSR count). The summed E-state index contributed by atoms with van der Waals surface area (Å²) in [4.78, 5) is 4.96. The van der Waals surface area contributed by atoms with Crippen LogP contribution in [0.1, 0.15) is 69.2 Å². The second-order valence-electron chi connectivity index (χ2n) is 15.3. The van der Waals surface area contributed by atoms with Crippen molar-refractivity contribution in [3.05, 3.63) is 180 Å². The number of hydrogen-bond donors (Lipinski definition) is 0. The summed E-state index contributed by atoms with van der Waals surface area (Å²) in [6, 6.07) is 41.4. The molecule has 0 bridgehead atoms. The molecule has 4 aliphatic rings. The predicted molar refractivity (Wildman–Crippen MR) is 212 cm³/mol. The molecule has 50 heavy (non-hydrogen) atoms. The van der Waals surface area contributed by atoms with E-state index in [9.17, 15) is 0 Å². The number of benzene rings is 5. The standard InChI is InChI=1S/C48H44N2/c1-47(2)43-29-37(49(33-17-9-5-10-18-33)34-19-11-6-12-20-34)25-27-39(43)41-32-46-42(31-45(41)47)40-28-26-38(30-44(40)48(46,3)4)50(35-21-13-7-14-22-35)36-23-15-8-16-24-36/h5-15,17-19,21-23,25-32,34H,16,20,24H2,1-4H3. The molecule has 0 fully saturated rings. The molecular formula is C48H44N2. The van der Waals surface area contributed by atoms with E-state index < -0.39 is 0 Å². The molecule has 0 aromatic heterocycles. The van der Waals surface area contributed by atoms with Crippen LogP contribution >= 0.6 is 0 Å². The topological polar surface area (TPSA) is 6.48 Å². The minimum atomic E-state index is -0.128. The van der Waals surface area contributed by atoms with Crippen LogP contribution in [-0.4, -0.2) is 6.04 Å². The van der Waals surface area contributed by atoms with Gasteiger partial charge in [0, 0.05) is 39.3 Å². The zero-order valence-electron chi connectivity index (χ0n) is 29.5. The second kappa shape index (κ2) is 11.6. The van der Waals surface area contributed by atoms with Crippen molar-refractivity contribution in [1.82, 2.24) is 0 Å². The summed E-state index contributed by atoms with van der Waals surface area (Å²) < 4.78 is 0. The molecule has 2 heteroatoms. The summed E-state index contributed by atoms with van der Waals surface area (Å²) in [6.07, 6.45) is 18.8. The van der Waals surface area contributed by atoms with Crippen LogP contribution in [0.5, 0.6) is 0 Å². The van der Waals surface area contributed by atoms with Crippen LogP contribution in [0, 0.1) is 0 Å². The summed E-state index contributed by atoms with van der Waals surface area (Å²) in [5.41, 5.74) is 17.2. The van der Waals surface area contributed by atoms with Gasteiger partial charge < -0.3 is 9.80 Å². The maximum atomic E-state index is 2.53. The number of para-hydroxylation sites is 2. The van der Waals surface area contributed by atoms with Crippen LogP contribution in [0.25, 0.3) is 22.3 Å². The molecular weight excluding hydrogens is 605 g/mol. The van der Waals surface area contributed by atoms with E-state index in [2.05, 4.69) is 189 Å². The lowest BCUT2D eigenvalue weighted by atomic mass is 9.79. The Kier molecular flexibility index (Phi) is 7.14. The first kappa shape index (κ1) is 30.7. The van der Waals surface area contributed by atoms with Gasteiger partial charge in [-0.1, -0.05) is 113 Å². The number of hydrogen-bond acceptors (Lipinski definition) is 2. The Balaban J connectivity index is 1.13. The Morgan fingerprint density at radius 1 is 0.520 bits per heavy atom. The minimum absolute atomic E-state index is 0.127. The van der Waals surface area contributed by atoms with Crippen molar-refractivity contribution >= 4 is 22.7 Å². The molecule has 1 atom stereocenters. The van der Waals surface area contributed by atoms with Gasteiger partial charge in [-0.15, -0.1) is 0 Å². The van der Waals surface area contributed by atoms with E-state index in [0.29, 0.717) is 0 Å². The second-order valence-corrected chi connectivity index (χ2v) is 15.3. The zero-order chi connectivity index (χ0) is 34.0. The summed E-state index contributed by atoms with van der Waals surface area (Å²) in [7, 11) is 0. The third-order valence-electron chi connectivity index (χ3n) is 11.6. The lowest BCUT2D eigenvalue weighted by Gasteiger charge is -2.33. The maximum absolute atomic E-state index is 2.53. The smallest absolute Gasteiger partial charge is 0.0559 e. The van der Waals surface area contributed by atoms with Gasteiger partial charge in [0.2, 0.25) is 0 Å². The van der Waals surface area contributed by atoms with Crippen molar-refractivity contribution in [1.29, 1.82) is 0 Å². The van der Waals surface area contributed by atoms with E-state index in [-0.39, 0.29) is 16.9 Å². The maximum Gasteiger partial charge on any atom is 0.0559 e. The van der Waals surface area contributed by atoms with Gasteiger partial charge in [0.05, 0.1) is 6.04 Å². The molecule has 5 aromatic carbocycles.